The van der Waals surface area contributed by atoms with Crippen LogP contribution in [0.2, 0.25) is 0 Å². The second kappa shape index (κ2) is 3.97. The van der Waals surface area contributed by atoms with Crippen LogP contribution in [0.25, 0.3) is 0 Å². The lowest BCUT2D eigenvalue weighted by Gasteiger charge is -2.36. The fraction of sp³-hybridized carbons (Fsp3) is 1.00. The molecule has 0 amide bonds. The first-order valence-corrected chi connectivity index (χ1v) is 5.33. The van der Waals surface area contributed by atoms with Crippen molar-refractivity contribution in [2.24, 2.45) is 11.3 Å². The predicted octanol–water partition coefficient (Wildman–Crippen LogP) is 2.80. The van der Waals surface area contributed by atoms with E-state index in [1.807, 2.05) is 0 Å². The highest BCUT2D eigenvalue weighted by molar-refractivity contribution is 6.18. The molecule has 1 N–H and O–H groups in total. The van der Waals surface area contributed by atoms with Gasteiger partial charge in [0.05, 0.1) is 6.10 Å². The van der Waals surface area contributed by atoms with E-state index in [0.29, 0.717) is 17.2 Å². The zero-order valence-corrected chi connectivity index (χ0v) is 8.77. The van der Waals surface area contributed by atoms with Gasteiger partial charge in [0.15, 0.2) is 0 Å². The van der Waals surface area contributed by atoms with Crippen LogP contribution in [0.5, 0.6) is 0 Å². The van der Waals surface area contributed by atoms with E-state index in [4.69, 9.17) is 11.6 Å². The van der Waals surface area contributed by atoms with E-state index in [1.54, 1.807) is 0 Å². The molecule has 0 spiro atoms. The monoisotopic (exact) mass is 190 g/mol. The number of aliphatic hydroxyl groups is 1. The lowest BCUT2D eigenvalue weighted by atomic mass is 9.71. The molecule has 12 heavy (non-hydrogen) atoms. The SMILES string of the molecule is CC1(C)CCCC(C(O)CCl)C1. The summed E-state index contributed by atoms with van der Waals surface area (Å²) in [6.45, 7) is 4.56. The van der Waals surface area contributed by atoms with E-state index in [-0.39, 0.29) is 6.10 Å². The van der Waals surface area contributed by atoms with E-state index >= 15 is 0 Å². The van der Waals surface area contributed by atoms with Crippen molar-refractivity contribution in [3.05, 3.63) is 0 Å². The van der Waals surface area contributed by atoms with Gasteiger partial charge in [-0.1, -0.05) is 20.3 Å². The minimum atomic E-state index is -0.286. The molecule has 0 aliphatic heterocycles. The number of alkyl halides is 1. The Balaban J connectivity index is 2.46. The molecule has 2 heteroatoms. The van der Waals surface area contributed by atoms with Gasteiger partial charge in [-0.15, -0.1) is 11.6 Å². The van der Waals surface area contributed by atoms with Crippen LogP contribution in [0.3, 0.4) is 0 Å². The third-order valence-electron chi connectivity index (χ3n) is 2.95. The first kappa shape index (κ1) is 10.3. The highest BCUT2D eigenvalue weighted by atomic mass is 35.5. The number of halogens is 1. The molecule has 72 valence electrons. The van der Waals surface area contributed by atoms with Crippen LogP contribution >= 0.6 is 11.6 Å². The number of rotatable bonds is 2. The second-order valence-corrected chi connectivity index (χ2v) is 5.05. The maximum absolute atomic E-state index is 9.58. The molecule has 1 fully saturated rings. The Hall–Kier alpha value is 0.250. The van der Waals surface area contributed by atoms with Crippen molar-refractivity contribution in [3.8, 4) is 0 Å². The average Bonchev–Trinajstić information content (AvgIpc) is 2.01. The summed E-state index contributed by atoms with van der Waals surface area (Å²) in [5.74, 6) is 0.826. The van der Waals surface area contributed by atoms with Crippen molar-refractivity contribution in [3.63, 3.8) is 0 Å². The van der Waals surface area contributed by atoms with Crippen molar-refractivity contribution < 1.29 is 5.11 Å². The molecule has 1 aliphatic carbocycles. The highest BCUT2D eigenvalue weighted by Gasteiger charge is 2.31. The molecule has 0 saturated heterocycles. The molecule has 0 radical (unpaired) electrons. The van der Waals surface area contributed by atoms with E-state index < -0.39 is 0 Å². The summed E-state index contributed by atoms with van der Waals surface area (Å²) in [6, 6.07) is 0. The Labute approximate surface area is 80.1 Å². The van der Waals surface area contributed by atoms with Crippen LogP contribution in [0.15, 0.2) is 0 Å². The molecule has 1 rings (SSSR count). The average molecular weight is 191 g/mol. The van der Waals surface area contributed by atoms with Crippen LogP contribution < -0.4 is 0 Å². The molecule has 0 aromatic rings. The first-order valence-electron chi connectivity index (χ1n) is 4.79. The third-order valence-corrected chi connectivity index (χ3v) is 3.26. The summed E-state index contributed by atoms with van der Waals surface area (Å²) in [5.41, 5.74) is 0.413. The smallest absolute Gasteiger partial charge is 0.0703 e. The van der Waals surface area contributed by atoms with E-state index in [2.05, 4.69) is 13.8 Å². The fourth-order valence-corrected chi connectivity index (χ4v) is 2.46. The molecule has 0 aromatic heterocycles. The van der Waals surface area contributed by atoms with Crippen molar-refractivity contribution in [2.75, 3.05) is 5.88 Å². The summed E-state index contributed by atoms with van der Waals surface area (Å²) in [7, 11) is 0. The van der Waals surface area contributed by atoms with Crippen molar-refractivity contribution in [1.82, 2.24) is 0 Å². The van der Waals surface area contributed by atoms with Gasteiger partial charge in [0, 0.05) is 5.88 Å². The normalized spacial score (nSPS) is 31.5. The summed E-state index contributed by atoms with van der Waals surface area (Å²) >= 11 is 5.63. The quantitative estimate of drug-likeness (QED) is 0.664. The van der Waals surface area contributed by atoms with E-state index in [9.17, 15) is 5.11 Å². The minimum absolute atomic E-state index is 0.286. The standard InChI is InChI=1S/C10H19ClO/c1-10(2)5-3-4-8(6-10)9(12)7-11/h8-9,12H,3-7H2,1-2H3. The molecule has 2 unspecified atom stereocenters. The summed E-state index contributed by atoms with van der Waals surface area (Å²) in [5, 5.41) is 9.58. The van der Waals surface area contributed by atoms with Crippen molar-refractivity contribution in [1.29, 1.82) is 0 Å². The van der Waals surface area contributed by atoms with Crippen LogP contribution in [-0.4, -0.2) is 17.1 Å². The third kappa shape index (κ3) is 2.63. The number of hydrogen-bond acceptors (Lipinski definition) is 1. The lowest BCUT2D eigenvalue weighted by Crippen LogP contribution is -2.31. The lowest BCUT2D eigenvalue weighted by molar-refractivity contribution is 0.0610. The van der Waals surface area contributed by atoms with Crippen LogP contribution in [0.1, 0.15) is 39.5 Å². The van der Waals surface area contributed by atoms with Gasteiger partial charge in [-0.2, -0.15) is 0 Å². The van der Waals surface area contributed by atoms with E-state index in [1.165, 1.54) is 12.8 Å². The Morgan fingerprint density at radius 1 is 1.58 bits per heavy atom. The van der Waals surface area contributed by atoms with Crippen molar-refractivity contribution >= 4 is 11.6 Å². The maximum atomic E-state index is 9.58. The van der Waals surface area contributed by atoms with Crippen molar-refractivity contribution in [2.45, 2.75) is 45.6 Å². The molecule has 1 nitrogen and oxygen atoms in total. The van der Waals surface area contributed by atoms with E-state index in [0.717, 1.165) is 12.8 Å². The Morgan fingerprint density at radius 3 is 2.75 bits per heavy atom. The minimum Gasteiger partial charge on any atom is -0.392 e. The van der Waals surface area contributed by atoms with Crippen LogP contribution in [0, 0.1) is 11.3 Å². The fourth-order valence-electron chi connectivity index (χ4n) is 2.21. The second-order valence-electron chi connectivity index (χ2n) is 4.74. The molecule has 0 bridgehead atoms. The molecule has 0 heterocycles. The van der Waals surface area contributed by atoms with Gasteiger partial charge in [-0.25, -0.2) is 0 Å². The predicted molar refractivity (Wildman–Crippen MR) is 52.5 cm³/mol. The van der Waals surface area contributed by atoms with Gasteiger partial charge in [-0.3, -0.25) is 0 Å². The number of aliphatic hydroxyl groups excluding tert-OH is 1. The summed E-state index contributed by atoms with van der Waals surface area (Å²) in [6.07, 6.45) is 4.52. The Morgan fingerprint density at radius 2 is 2.25 bits per heavy atom. The highest BCUT2D eigenvalue weighted by Crippen LogP contribution is 2.39. The largest absolute Gasteiger partial charge is 0.392 e. The van der Waals surface area contributed by atoms with Crippen LogP contribution in [-0.2, 0) is 0 Å². The van der Waals surface area contributed by atoms with Gasteiger partial charge in [0.25, 0.3) is 0 Å². The van der Waals surface area contributed by atoms with Gasteiger partial charge < -0.3 is 5.11 Å². The molecular formula is C10H19ClO. The molecular weight excluding hydrogens is 172 g/mol. The molecule has 1 saturated carbocycles. The first-order chi connectivity index (χ1) is 5.55. The van der Waals surface area contributed by atoms with Gasteiger partial charge in [0.2, 0.25) is 0 Å². The van der Waals surface area contributed by atoms with Gasteiger partial charge >= 0.3 is 0 Å². The Bertz CT molecular complexity index is 145. The molecule has 2 atom stereocenters. The zero-order chi connectivity index (χ0) is 9.19. The topological polar surface area (TPSA) is 20.2 Å². The summed E-state index contributed by atoms with van der Waals surface area (Å²) in [4.78, 5) is 0. The van der Waals surface area contributed by atoms with Gasteiger partial charge in [-0.05, 0) is 30.6 Å². The number of hydrogen-bond donors (Lipinski definition) is 1. The summed E-state index contributed by atoms with van der Waals surface area (Å²) < 4.78 is 0. The molecule has 0 aromatic carbocycles. The van der Waals surface area contributed by atoms with Crippen LogP contribution in [0.4, 0.5) is 0 Å². The Kier molecular flexibility index (Phi) is 3.42. The maximum Gasteiger partial charge on any atom is 0.0703 e. The molecule has 1 aliphatic rings. The van der Waals surface area contributed by atoms with Gasteiger partial charge in [0.1, 0.15) is 0 Å². The zero-order valence-electron chi connectivity index (χ0n) is 8.02.